The fraction of sp³-hybridized carbons (Fsp3) is 0.300. The maximum atomic E-state index is 13.3. The van der Waals surface area contributed by atoms with Crippen molar-refractivity contribution in [1.82, 2.24) is 15.3 Å². The highest BCUT2D eigenvalue weighted by Crippen LogP contribution is 2.31. The van der Waals surface area contributed by atoms with E-state index in [0.717, 1.165) is 16.7 Å². The molecule has 0 bridgehead atoms. The molecular formula is C30H31N3O7. The Hall–Kier alpha value is -4.41. The summed E-state index contributed by atoms with van der Waals surface area (Å²) >= 11 is 0. The number of aliphatic hydroxyl groups is 1. The van der Waals surface area contributed by atoms with Crippen LogP contribution in [0.3, 0.4) is 0 Å². The number of aliphatic hydroxyl groups excluding tert-OH is 1. The number of hydrogen-bond acceptors (Lipinski definition) is 6. The number of nitrogens with zero attached hydrogens (tertiary/aromatic N) is 2. The molecule has 2 heterocycles. The number of hydrogen-bond donors (Lipinski definition) is 3. The summed E-state index contributed by atoms with van der Waals surface area (Å²) in [5.41, 5.74) is 4.01. The van der Waals surface area contributed by atoms with Gasteiger partial charge in [0.25, 0.3) is 11.8 Å². The van der Waals surface area contributed by atoms with Gasteiger partial charge in [0.1, 0.15) is 12.4 Å². The van der Waals surface area contributed by atoms with Crippen LogP contribution in [0.1, 0.15) is 49.9 Å². The van der Waals surface area contributed by atoms with Crippen molar-refractivity contribution in [3.8, 4) is 5.75 Å². The molecule has 10 nitrogen and oxygen atoms in total. The average Bonchev–Trinajstić information content (AvgIpc) is 3.28. The van der Waals surface area contributed by atoms with Crippen LogP contribution >= 0.6 is 0 Å². The van der Waals surface area contributed by atoms with E-state index < -0.39 is 24.1 Å². The number of carbonyl (C=O) groups excluding carboxylic acids is 2. The van der Waals surface area contributed by atoms with Crippen LogP contribution in [0, 0.1) is 0 Å². The fourth-order valence-corrected chi connectivity index (χ4v) is 5.13. The lowest BCUT2D eigenvalue weighted by atomic mass is 9.91. The molecule has 1 unspecified atom stereocenters. The Morgan fingerprint density at radius 2 is 1.75 bits per heavy atom. The zero-order valence-corrected chi connectivity index (χ0v) is 22.1. The Kier molecular flexibility index (Phi) is 7.99. The molecule has 3 aromatic carbocycles. The lowest BCUT2D eigenvalue weighted by Gasteiger charge is -2.37. The van der Waals surface area contributed by atoms with E-state index in [1.54, 1.807) is 19.1 Å². The first-order chi connectivity index (χ1) is 19.4. The zero-order valence-electron chi connectivity index (χ0n) is 22.1. The highest BCUT2D eigenvalue weighted by Gasteiger charge is 2.35. The normalized spacial score (nSPS) is 16.8. The second-order valence-corrected chi connectivity index (χ2v) is 9.77. The minimum absolute atomic E-state index is 0.163. The first-order valence-corrected chi connectivity index (χ1v) is 13.2. The monoisotopic (exact) mass is 545 g/mol. The van der Waals surface area contributed by atoms with Gasteiger partial charge in [-0.3, -0.25) is 19.3 Å². The van der Waals surface area contributed by atoms with Gasteiger partial charge in [-0.15, -0.1) is 0 Å². The van der Waals surface area contributed by atoms with Crippen molar-refractivity contribution in [3.63, 3.8) is 0 Å². The molecule has 3 aromatic rings. The largest absolute Gasteiger partial charge is 0.493 e. The predicted molar refractivity (Wildman–Crippen MR) is 145 cm³/mol. The van der Waals surface area contributed by atoms with Gasteiger partial charge in [0, 0.05) is 13.1 Å². The molecule has 5 rings (SSSR count). The summed E-state index contributed by atoms with van der Waals surface area (Å²) < 4.78 is 5.69. The second-order valence-electron chi connectivity index (χ2n) is 9.77. The van der Waals surface area contributed by atoms with Gasteiger partial charge in [-0.05, 0) is 47.7 Å². The van der Waals surface area contributed by atoms with Crippen LogP contribution in [0.2, 0.25) is 0 Å². The molecule has 0 fully saturated rings. The van der Waals surface area contributed by atoms with E-state index in [-0.39, 0.29) is 50.1 Å². The standard InChI is InChI=1S/C30H31N3O7/c1-2-39-27-14-23-22(17-33(29(23)36)40-18-19-8-4-3-5-9-19)12-24(27)28(35)31-15-26(34)25-13-20-10-6-7-11-21(20)16-32(25)30(37)38/h3-12,14,25-26,34H,2,13,15-18H2,1H3,(H,31,35)(H,37,38)/t25-,26?/m0/s1. The molecule has 0 saturated carbocycles. The van der Waals surface area contributed by atoms with Crippen molar-refractivity contribution in [2.24, 2.45) is 0 Å². The summed E-state index contributed by atoms with van der Waals surface area (Å²) in [5.74, 6) is -0.578. The van der Waals surface area contributed by atoms with Crippen molar-refractivity contribution < 1.29 is 34.2 Å². The van der Waals surface area contributed by atoms with Crippen molar-refractivity contribution in [1.29, 1.82) is 0 Å². The molecule has 40 heavy (non-hydrogen) atoms. The van der Waals surface area contributed by atoms with Crippen molar-refractivity contribution in [2.75, 3.05) is 13.2 Å². The molecule has 0 saturated heterocycles. The van der Waals surface area contributed by atoms with Crippen molar-refractivity contribution >= 4 is 17.9 Å². The topological polar surface area (TPSA) is 129 Å². The lowest BCUT2D eigenvalue weighted by Crippen LogP contribution is -2.53. The second kappa shape index (κ2) is 11.8. The van der Waals surface area contributed by atoms with Crippen LogP contribution in [0.5, 0.6) is 5.75 Å². The number of ether oxygens (including phenoxy) is 1. The smallest absolute Gasteiger partial charge is 0.407 e. The van der Waals surface area contributed by atoms with Crippen molar-refractivity contribution in [3.05, 3.63) is 100 Å². The molecule has 2 atom stereocenters. The van der Waals surface area contributed by atoms with Crippen LogP contribution < -0.4 is 10.1 Å². The third kappa shape index (κ3) is 5.63. The summed E-state index contributed by atoms with van der Waals surface area (Å²) in [6, 6.07) is 19.4. The van der Waals surface area contributed by atoms with E-state index in [9.17, 15) is 24.6 Å². The third-order valence-corrected chi connectivity index (χ3v) is 7.20. The van der Waals surface area contributed by atoms with Crippen LogP contribution in [0.4, 0.5) is 4.79 Å². The van der Waals surface area contributed by atoms with Crippen LogP contribution in [0.15, 0.2) is 66.7 Å². The Balaban J connectivity index is 1.28. The first-order valence-electron chi connectivity index (χ1n) is 13.2. The highest BCUT2D eigenvalue weighted by molar-refractivity contribution is 6.02. The molecule has 0 aromatic heterocycles. The maximum Gasteiger partial charge on any atom is 0.407 e. The van der Waals surface area contributed by atoms with Gasteiger partial charge in [0.2, 0.25) is 0 Å². The number of benzene rings is 3. The fourth-order valence-electron chi connectivity index (χ4n) is 5.13. The van der Waals surface area contributed by atoms with E-state index in [0.29, 0.717) is 17.5 Å². The summed E-state index contributed by atoms with van der Waals surface area (Å²) in [7, 11) is 0. The molecule has 0 radical (unpaired) electrons. The van der Waals surface area contributed by atoms with E-state index in [4.69, 9.17) is 9.57 Å². The molecule has 2 aliphatic heterocycles. The van der Waals surface area contributed by atoms with Gasteiger partial charge >= 0.3 is 6.09 Å². The quantitative estimate of drug-likeness (QED) is 0.376. The van der Waals surface area contributed by atoms with Crippen LogP contribution in [0.25, 0.3) is 0 Å². The molecule has 3 amide bonds. The van der Waals surface area contributed by atoms with E-state index >= 15 is 0 Å². The zero-order chi connectivity index (χ0) is 28.2. The molecule has 0 spiro atoms. The third-order valence-electron chi connectivity index (χ3n) is 7.20. The number of carboxylic acid groups (broad SMARTS) is 1. The molecule has 3 N–H and O–H groups in total. The summed E-state index contributed by atoms with van der Waals surface area (Å²) in [4.78, 5) is 45.1. The first kappa shape index (κ1) is 27.2. The highest BCUT2D eigenvalue weighted by atomic mass is 16.7. The lowest BCUT2D eigenvalue weighted by molar-refractivity contribution is -0.134. The molecule has 10 heteroatoms. The predicted octanol–water partition coefficient (Wildman–Crippen LogP) is 3.37. The van der Waals surface area contributed by atoms with Crippen LogP contribution in [-0.2, 0) is 31.0 Å². The summed E-state index contributed by atoms with van der Waals surface area (Å²) in [6.07, 6.45) is -1.93. The number of carbonyl (C=O) groups is 3. The van der Waals surface area contributed by atoms with Gasteiger partial charge in [0.05, 0.1) is 36.4 Å². The van der Waals surface area contributed by atoms with Gasteiger partial charge in [-0.2, -0.15) is 0 Å². The molecule has 0 aliphatic carbocycles. The number of nitrogens with one attached hydrogen (secondary N) is 1. The maximum absolute atomic E-state index is 13.3. The minimum atomic E-state index is -1.14. The van der Waals surface area contributed by atoms with E-state index in [2.05, 4.69) is 5.32 Å². The molecular weight excluding hydrogens is 514 g/mol. The average molecular weight is 546 g/mol. The summed E-state index contributed by atoms with van der Waals surface area (Å²) in [5, 5.41) is 24.7. The van der Waals surface area contributed by atoms with Crippen molar-refractivity contribution in [2.45, 2.75) is 45.2 Å². The SMILES string of the molecule is CCOc1cc2c(cc1C(=O)NCC(O)[C@@H]1Cc3ccccc3CN1C(=O)O)CN(OCc1ccccc1)C2=O. The molecule has 2 aliphatic rings. The van der Waals surface area contributed by atoms with E-state index in [1.165, 1.54) is 9.96 Å². The number of fused-ring (bicyclic) bond motifs is 2. The number of rotatable bonds is 9. The van der Waals surface area contributed by atoms with Crippen LogP contribution in [-0.4, -0.2) is 63.4 Å². The minimum Gasteiger partial charge on any atom is -0.493 e. The summed E-state index contributed by atoms with van der Waals surface area (Å²) in [6.45, 7) is 2.45. The van der Waals surface area contributed by atoms with Gasteiger partial charge in [-0.25, -0.2) is 9.86 Å². The Morgan fingerprint density at radius 3 is 2.48 bits per heavy atom. The van der Waals surface area contributed by atoms with Gasteiger partial charge < -0.3 is 20.3 Å². The Morgan fingerprint density at radius 1 is 1.02 bits per heavy atom. The number of hydroxylamine groups is 2. The Bertz CT molecular complexity index is 1410. The van der Waals surface area contributed by atoms with Gasteiger partial charge in [0.15, 0.2) is 0 Å². The van der Waals surface area contributed by atoms with Gasteiger partial charge in [-0.1, -0.05) is 54.6 Å². The molecule has 208 valence electrons. The Labute approximate surface area is 231 Å². The number of amides is 3. The van der Waals surface area contributed by atoms with E-state index in [1.807, 2.05) is 54.6 Å².